The van der Waals surface area contributed by atoms with Crippen molar-refractivity contribution in [3.05, 3.63) is 23.9 Å². The van der Waals surface area contributed by atoms with E-state index in [-0.39, 0.29) is 0 Å². The Kier molecular flexibility index (Phi) is 3.74. The molecule has 1 aliphatic carbocycles. The minimum absolute atomic E-state index is 0.377. The van der Waals surface area contributed by atoms with Crippen molar-refractivity contribution in [2.24, 2.45) is 5.92 Å². The summed E-state index contributed by atoms with van der Waals surface area (Å²) in [5, 5.41) is 3.26. The summed E-state index contributed by atoms with van der Waals surface area (Å²) >= 11 is 0. The van der Waals surface area contributed by atoms with Gasteiger partial charge in [-0.2, -0.15) is 0 Å². The van der Waals surface area contributed by atoms with Gasteiger partial charge in [0, 0.05) is 24.8 Å². The third-order valence-corrected chi connectivity index (χ3v) is 4.99. The highest BCUT2D eigenvalue weighted by Gasteiger charge is 2.35. The SMILES string of the molecule is CNC(C)c1ccc(N2CCCC3CCCC32)nc1. The third-order valence-electron chi connectivity index (χ3n) is 4.99. The zero-order valence-electron chi connectivity index (χ0n) is 12.1. The van der Waals surface area contributed by atoms with E-state index in [0.717, 1.165) is 12.0 Å². The molecule has 0 radical (unpaired) electrons. The molecule has 3 atom stereocenters. The first-order chi connectivity index (χ1) is 9.29. The molecule has 2 fully saturated rings. The first-order valence-electron chi connectivity index (χ1n) is 7.69. The van der Waals surface area contributed by atoms with Gasteiger partial charge in [0.15, 0.2) is 0 Å². The lowest BCUT2D eigenvalue weighted by Gasteiger charge is -2.38. The number of piperidine rings is 1. The predicted octanol–water partition coefficient (Wildman–Crippen LogP) is 3.13. The number of fused-ring (bicyclic) bond motifs is 1. The second-order valence-electron chi connectivity index (χ2n) is 6.05. The standard InChI is InChI=1S/C16H25N3/c1-12(17-2)14-8-9-16(18-11-14)19-10-4-6-13-5-3-7-15(13)19/h8-9,11-13,15,17H,3-7,10H2,1-2H3. The Morgan fingerprint density at radius 3 is 2.84 bits per heavy atom. The highest BCUT2D eigenvalue weighted by atomic mass is 15.2. The van der Waals surface area contributed by atoms with Crippen LogP contribution in [0.5, 0.6) is 0 Å². The third kappa shape index (κ3) is 2.48. The van der Waals surface area contributed by atoms with Crippen molar-refractivity contribution >= 4 is 5.82 Å². The Bertz CT molecular complexity index is 415. The van der Waals surface area contributed by atoms with Crippen LogP contribution in [0.25, 0.3) is 0 Å². The van der Waals surface area contributed by atoms with Crippen molar-refractivity contribution in [3.63, 3.8) is 0 Å². The molecular weight excluding hydrogens is 234 g/mol. The van der Waals surface area contributed by atoms with E-state index < -0.39 is 0 Å². The zero-order chi connectivity index (χ0) is 13.2. The molecule has 1 aliphatic heterocycles. The van der Waals surface area contributed by atoms with Crippen molar-refractivity contribution in [2.45, 2.75) is 51.1 Å². The summed E-state index contributed by atoms with van der Waals surface area (Å²) in [6, 6.07) is 5.57. The van der Waals surface area contributed by atoms with Crippen LogP contribution in [0.2, 0.25) is 0 Å². The number of anilines is 1. The second kappa shape index (κ2) is 5.49. The molecule has 3 unspecified atom stereocenters. The summed E-state index contributed by atoms with van der Waals surface area (Å²) in [4.78, 5) is 7.28. The molecule has 1 aromatic heterocycles. The van der Waals surface area contributed by atoms with Gasteiger partial charge >= 0.3 is 0 Å². The Morgan fingerprint density at radius 1 is 1.26 bits per heavy atom. The molecule has 1 saturated heterocycles. The maximum absolute atomic E-state index is 4.72. The normalized spacial score (nSPS) is 28.2. The van der Waals surface area contributed by atoms with Crippen molar-refractivity contribution in [2.75, 3.05) is 18.5 Å². The molecule has 1 saturated carbocycles. The van der Waals surface area contributed by atoms with Gasteiger partial charge in [-0.25, -0.2) is 4.98 Å². The van der Waals surface area contributed by atoms with Gasteiger partial charge < -0.3 is 10.2 Å². The fraction of sp³-hybridized carbons (Fsp3) is 0.688. The monoisotopic (exact) mass is 259 g/mol. The molecule has 0 amide bonds. The van der Waals surface area contributed by atoms with Crippen molar-refractivity contribution < 1.29 is 0 Å². The van der Waals surface area contributed by atoms with Gasteiger partial charge in [0.1, 0.15) is 5.82 Å². The quantitative estimate of drug-likeness (QED) is 0.904. The number of nitrogens with one attached hydrogen (secondary N) is 1. The summed E-state index contributed by atoms with van der Waals surface area (Å²) in [6.45, 7) is 3.36. The molecule has 3 rings (SSSR count). The average molecular weight is 259 g/mol. The van der Waals surface area contributed by atoms with Crippen LogP contribution in [0.4, 0.5) is 5.82 Å². The second-order valence-corrected chi connectivity index (χ2v) is 6.05. The lowest BCUT2D eigenvalue weighted by atomic mass is 9.92. The molecule has 2 heterocycles. The number of pyridine rings is 1. The van der Waals surface area contributed by atoms with E-state index in [1.807, 2.05) is 13.2 Å². The number of hydrogen-bond donors (Lipinski definition) is 1. The Morgan fingerprint density at radius 2 is 2.11 bits per heavy atom. The fourth-order valence-electron chi connectivity index (χ4n) is 3.73. The fourth-order valence-corrected chi connectivity index (χ4v) is 3.73. The molecule has 3 heteroatoms. The largest absolute Gasteiger partial charge is 0.353 e. The van der Waals surface area contributed by atoms with Crippen LogP contribution in [0.1, 0.15) is 50.6 Å². The molecule has 1 N–H and O–H groups in total. The number of hydrogen-bond acceptors (Lipinski definition) is 3. The number of aromatic nitrogens is 1. The molecular formula is C16H25N3. The van der Waals surface area contributed by atoms with Crippen molar-refractivity contribution in [1.82, 2.24) is 10.3 Å². The molecule has 104 valence electrons. The lowest BCUT2D eigenvalue weighted by molar-refractivity contribution is 0.360. The number of nitrogens with zero attached hydrogens (tertiary/aromatic N) is 2. The van der Waals surface area contributed by atoms with E-state index in [9.17, 15) is 0 Å². The first kappa shape index (κ1) is 12.9. The Hall–Kier alpha value is -1.09. The van der Waals surface area contributed by atoms with Gasteiger partial charge in [-0.15, -0.1) is 0 Å². The highest BCUT2D eigenvalue weighted by molar-refractivity contribution is 5.42. The summed E-state index contributed by atoms with van der Waals surface area (Å²) in [7, 11) is 1.99. The van der Waals surface area contributed by atoms with E-state index in [4.69, 9.17) is 4.98 Å². The van der Waals surface area contributed by atoms with Gasteiger partial charge in [-0.1, -0.05) is 12.5 Å². The number of rotatable bonds is 3. The van der Waals surface area contributed by atoms with Gasteiger partial charge in [0.05, 0.1) is 0 Å². The highest BCUT2D eigenvalue weighted by Crippen LogP contribution is 2.38. The minimum atomic E-state index is 0.377. The molecule has 0 spiro atoms. The molecule has 19 heavy (non-hydrogen) atoms. The van der Waals surface area contributed by atoms with E-state index in [1.165, 1.54) is 50.0 Å². The van der Waals surface area contributed by atoms with Gasteiger partial charge in [-0.3, -0.25) is 0 Å². The molecule has 0 aromatic carbocycles. The van der Waals surface area contributed by atoms with E-state index in [2.05, 4.69) is 29.3 Å². The smallest absolute Gasteiger partial charge is 0.128 e. The van der Waals surface area contributed by atoms with Crippen molar-refractivity contribution in [1.29, 1.82) is 0 Å². The average Bonchev–Trinajstić information content (AvgIpc) is 2.95. The minimum Gasteiger partial charge on any atom is -0.353 e. The van der Waals surface area contributed by atoms with Crippen LogP contribution in [-0.2, 0) is 0 Å². The van der Waals surface area contributed by atoms with Crippen LogP contribution < -0.4 is 10.2 Å². The van der Waals surface area contributed by atoms with Crippen molar-refractivity contribution in [3.8, 4) is 0 Å². The summed E-state index contributed by atoms with van der Waals surface area (Å²) in [5.41, 5.74) is 1.27. The zero-order valence-corrected chi connectivity index (χ0v) is 12.1. The van der Waals surface area contributed by atoms with E-state index >= 15 is 0 Å². The summed E-state index contributed by atoms with van der Waals surface area (Å²) in [6.07, 6.45) is 8.99. The lowest BCUT2D eigenvalue weighted by Crippen LogP contribution is -2.43. The first-order valence-corrected chi connectivity index (χ1v) is 7.69. The van der Waals surface area contributed by atoms with E-state index in [1.54, 1.807) is 0 Å². The van der Waals surface area contributed by atoms with Gasteiger partial charge in [-0.05, 0) is 57.2 Å². The van der Waals surface area contributed by atoms with Crippen LogP contribution in [0.3, 0.4) is 0 Å². The molecule has 1 aromatic rings. The maximum atomic E-state index is 4.72. The molecule has 0 bridgehead atoms. The Labute approximate surface area is 116 Å². The Balaban J connectivity index is 1.77. The topological polar surface area (TPSA) is 28.2 Å². The van der Waals surface area contributed by atoms with Gasteiger partial charge in [0.25, 0.3) is 0 Å². The van der Waals surface area contributed by atoms with Crippen LogP contribution >= 0.6 is 0 Å². The van der Waals surface area contributed by atoms with Crippen LogP contribution in [-0.4, -0.2) is 24.6 Å². The van der Waals surface area contributed by atoms with Gasteiger partial charge in [0.2, 0.25) is 0 Å². The summed E-state index contributed by atoms with van der Waals surface area (Å²) < 4.78 is 0. The van der Waals surface area contributed by atoms with Crippen LogP contribution in [0, 0.1) is 5.92 Å². The van der Waals surface area contributed by atoms with Crippen LogP contribution in [0.15, 0.2) is 18.3 Å². The maximum Gasteiger partial charge on any atom is 0.128 e. The predicted molar refractivity (Wildman–Crippen MR) is 79.4 cm³/mol. The molecule has 3 nitrogen and oxygen atoms in total. The van der Waals surface area contributed by atoms with E-state index in [0.29, 0.717) is 6.04 Å². The molecule has 2 aliphatic rings. The summed E-state index contributed by atoms with van der Waals surface area (Å²) in [5.74, 6) is 2.11.